The monoisotopic (exact) mass is 831 g/mol. The first kappa shape index (κ1) is 56.0. The van der Waals surface area contributed by atoms with Gasteiger partial charge in [-0.2, -0.15) is 0 Å². The largest absolute Gasteiger partial charge is 0.477 e. The molecule has 59 heavy (non-hydrogen) atoms. The Balaban J connectivity index is 4.41. The van der Waals surface area contributed by atoms with Crippen LogP contribution in [0.4, 0.5) is 0 Å². The minimum atomic E-state index is -1.51. The van der Waals surface area contributed by atoms with E-state index in [0.717, 1.165) is 89.9 Å². The zero-order chi connectivity index (χ0) is 43.5. The molecule has 0 heterocycles. The number of esters is 2. The number of allylic oxidation sites excluding steroid dienone is 10. The lowest BCUT2D eigenvalue weighted by atomic mass is 10.1. The van der Waals surface area contributed by atoms with E-state index in [2.05, 4.69) is 74.6 Å². The molecule has 9 nitrogen and oxygen atoms in total. The fourth-order valence-electron chi connectivity index (χ4n) is 6.11. The molecule has 0 aromatic rings. The maximum Gasteiger partial charge on any atom is 0.361 e. The second kappa shape index (κ2) is 41.7. The van der Waals surface area contributed by atoms with Crippen molar-refractivity contribution in [1.82, 2.24) is 0 Å². The fourth-order valence-corrected chi connectivity index (χ4v) is 6.11. The lowest BCUT2D eigenvalue weighted by Gasteiger charge is -2.25. The first-order valence-corrected chi connectivity index (χ1v) is 23.5. The number of ether oxygens (including phenoxy) is 4. The molecule has 2 unspecified atom stereocenters. The predicted molar refractivity (Wildman–Crippen MR) is 244 cm³/mol. The van der Waals surface area contributed by atoms with Gasteiger partial charge in [-0.15, -0.1) is 0 Å². The van der Waals surface area contributed by atoms with Crippen LogP contribution in [-0.2, 0) is 33.3 Å². The number of hydrogen-bond donors (Lipinski definition) is 1. The second-order valence-corrected chi connectivity index (χ2v) is 16.7. The maximum atomic E-state index is 12.8. The third-order valence-corrected chi connectivity index (χ3v) is 9.76. The van der Waals surface area contributed by atoms with Gasteiger partial charge in [-0.3, -0.25) is 9.59 Å². The molecule has 0 fully saturated rings. The molecule has 0 radical (unpaired) electrons. The highest BCUT2D eigenvalue weighted by Gasteiger charge is 2.25. The highest BCUT2D eigenvalue weighted by molar-refractivity contribution is 5.71. The molecule has 0 amide bonds. The topological polar surface area (TPSA) is 108 Å². The van der Waals surface area contributed by atoms with Crippen molar-refractivity contribution in [2.75, 3.05) is 47.5 Å². The van der Waals surface area contributed by atoms with Crippen LogP contribution >= 0.6 is 0 Å². The molecule has 340 valence electrons. The molecule has 0 rings (SSSR count). The molecular formula is C50H88NO8+. The predicted octanol–water partition coefficient (Wildman–Crippen LogP) is 12.6. The molecular weight excluding hydrogens is 743 g/mol. The van der Waals surface area contributed by atoms with Crippen molar-refractivity contribution in [3.63, 3.8) is 0 Å². The zero-order valence-corrected chi connectivity index (χ0v) is 38.4. The van der Waals surface area contributed by atoms with Crippen molar-refractivity contribution in [2.24, 2.45) is 0 Å². The highest BCUT2D eigenvalue weighted by atomic mass is 16.7. The number of carboxylic acid groups (broad SMARTS) is 1. The van der Waals surface area contributed by atoms with Gasteiger partial charge in [-0.25, -0.2) is 4.79 Å². The van der Waals surface area contributed by atoms with Crippen molar-refractivity contribution in [3.8, 4) is 0 Å². The number of nitrogens with zero attached hydrogens (tertiary/aromatic N) is 1. The first-order valence-electron chi connectivity index (χ1n) is 23.5. The lowest BCUT2D eigenvalue weighted by molar-refractivity contribution is -0.870. The van der Waals surface area contributed by atoms with E-state index in [9.17, 15) is 19.5 Å². The Hall–Kier alpha value is -3.01. The third-order valence-electron chi connectivity index (χ3n) is 9.76. The van der Waals surface area contributed by atoms with Gasteiger partial charge in [-0.1, -0.05) is 152 Å². The van der Waals surface area contributed by atoms with Crippen LogP contribution in [0.3, 0.4) is 0 Å². The van der Waals surface area contributed by atoms with Gasteiger partial charge in [-0.05, 0) is 77.0 Å². The van der Waals surface area contributed by atoms with E-state index in [-0.39, 0.29) is 38.6 Å². The molecule has 0 aromatic carbocycles. The molecule has 2 atom stereocenters. The quantitative estimate of drug-likeness (QED) is 0.0213. The minimum Gasteiger partial charge on any atom is -0.477 e. The average molecular weight is 831 g/mol. The van der Waals surface area contributed by atoms with Crippen LogP contribution in [-0.4, -0.2) is 87.4 Å². The normalized spacial score (nSPS) is 13.4. The Morgan fingerprint density at radius 2 is 0.966 bits per heavy atom. The number of carbonyl (C=O) groups is 3. The molecule has 0 bridgehead atoms. The number of quaternary nitrogens is 1. The number of likely N-dealkylation sites (N-methyl/N-ethyl adjacent to an activating group) is 1. The standard InChI is InChI=1S/C50H87NO8/c1-6-8-10-12-14-16-18-20-21-22-23-24-25-26-27-29-31-33-35-37-39-41-48(53)59-46(45-58-50(49(54)55)56-43-42-51(3,4)5)44-57-47(52)40-38-36-34-32-30-28-19-17-15-13-11-9-7-2/h8,10,14,16-17,19-21,23-24,46,50H,6-7,9,11-13,15,18,22,25-45H2,1-5H3/p+1/b10-8-,16-14-,19-17-,21-20-,24-23-. The SMILES string of the molecule is CC/C=C\C/C=C\C/C=C\C/C=C\CCCCCCCCCCC(=O)OC(COC(=O)CCCCCCC/C=C\CCCCCC)COC(OCC[N+](C)(C)C)C(=O)O. The third kappa shape index (κ3) is 42.9. The number of unbranched alkanes of at least 4 members (excludes halogenated alkanes) is 17. The molecule has 1 N–H and O–H groups in total. The Kier molecular flexibility index (Phi) is 39.6. The summed E-state index contributed by atoms with van der Waals surface area (Å²) in [6, 6.07) is 0. The first-order chi connectivity index (χ1) is 28.6. The maximum absolute atomic E-state index is 12.8. The van der Waals surface area contributed by atoms with Gasteiger partial charge in [0, 0.05) is 12.8 Å². The molecule has 0 aliphatic carbocycles. The Morgan fingerprint density at radius 1 is 0.525 bits per heavy atom. The van der Waals surface area contributed by atoms with Crippen LogP contribution in [0.15, 0.2) is 60.8 Å². The van der Waals surface area contributed by atoms with Crippen LogP contribution in [0.1, 0.15) is 181 Å². The number of carbonyl (C=O) groups excluding carboxylic acids is 2. The number of carboxylic acids is 1. The van der Waals surface area contributed by atoms with Gasteiger partial charge in [0.15, 0.2) is 6.10 Å². The van der Waals surface area contributed by atoms with Gasteiger partial charge in [0.05, 0.1) is 34.4 Å². The molecule has 0 aliphatic heterocycles. The van der Waals surface area contributed by atoms with E-state index in [1.54, 1.807) is 0 Å². The molecule has 0 saturated carbocycles. The Bertz CT molecular complexity index is 1150. The molecule has 9 heteroatoms. The summed E-state index contributed by atoms with van der Waals surface area (Å²) in [6.07, 6.45) is 47.0. The number of aliphatic carboxylic acids is 1. The molecule has 0 aliphatic rings. The van der Waals surface area contributed by atoms with E-state index in [0.29, 0.717) is 17.4 Å². The van der Waals surface area contributed by atoms with Crippen LogP contribution in [0.5, 0.6) is 0 Å². The summed E-state index contributed by atoms with van der Waals surface area (Å²) in [4.78, 5) is 37.1. The average Bonchev–Trinajstić information content (AvgIpc) is 3.19. The zero-order valence-electron chi connectivity index (χ0n) is 38.4. The summed E-state index contributed by atoms with van der Waals surface area (Å²) in [5.41, 5.74) is 0. The fraction of sp³-hybridized carbons (Fsp3) is 0.740. The Morgan fingerprint density at radius 3 is 1.46 bits per heavy atom. The number of hydrogen-bond acceptors (Lipinski definition) is 7. The Labute approximate surface area is 361 Å². The van der Waals surface area contributed by atoms with Crippen LogP contribution in [0.2, 0.25) is 0 Å². The van der Waals surface area contributed by atoms with Crippen molar-refractivity contribution in [1.29, 1.82) is 0 Å². The summed E-state index contributed by atoms with van der Waals surface area (Å²) in [5.74, 6) is -2.03. The van der Waals surface area contributed by atoms with Crippen LogP contribution in [0.25, 0.3) is 0 Å². The van der Waals surface area contributed by atoms with E-state index < -0.39 is 24.3 Å². The summed E-state index contributed by atoms with van der Waals surface area (Å²) < 4.78 is 22.7. The van der Waals surface area contributed by atoms with Crippen molar-refractivity contribution >= 4 is 17.9 Å². The van der Waals surface area contributed by atoms with Gasteiger partial charge < -0.3 is 28.5 Å². The van der Waals surface area contributed by atoms with Crippen LogP contribution < -0.4 is 0 Å². The smallest absolute Gasteiger partial charge is 0.361 e. The summed E-state index contributed by atoms with van der Waals surface area (Å²) in [5, 5.41) is 9.64. The molecule has 0 saturated heterocycles. The van der Waals surface area contributed by atoms with E-state index in [1.807, 2.05) is 21.1 Å². The van der Waals surface area contributed by atoms with Gasteiger partial charge >= 0.3 is 17.9 Å². The van der Waals surface area contributed by atoms with Crippen molar-refractivity contribution < 1.29 is 42.9 Å². The molecule has 0 spiro atoms. The van der Waals surface area contributed by atoms with Gasteiger partial charge in [0.2, 0.25) is 0 Å². The highest BCUT2D eigenvalue weighted by Crippen LogP contribution is 2.14. The summed E-state index contributed by atoms with van der Waals surface area (Å²) in [6.45, 7) is 4.71. The number of rotatable bonds is 42. The lowest BCUT2D eigenvalue weighted by Crippen LogP contribution is -2.40. The van der Waals surface area contributed by atoms with Crippen LogP contribution in [0, 0.1) is 0 Å². The van der Waals surface area contributed by atoms with Gasteiger partial charge in [0.25, 0.3) is 6.29 Å². The summed E-state index contributed by atoms with van der Waals surface area (Å²) in [7, 11) is 5.95. The van der Waals surface area contributed by atoms with E-state index >= 15 is 0 Å². The van der Waals surface area contributed by atoms with E-state index in [1.165, 1.54) is 57.8 Å². The molecule has 0 aromatic heterocycles. The van der Waals surface area contributed by atoms with E-state index in [4.69, 9.17) is 18.9 Å². The second-order valence-electron chi connectivity index (χ2n) is 16.7. The van der Waals surface area contributed by atoms with Gasteiger partial charge in [0.1, 0.15) is 13.2 Å². The van der Waals surface area contributed by atoms with Crippen molar-refractivity contribution in [2.45, 2.75) is 193 Å². The van der Waals surface area contributed by atoms with Crippen molar-refractivity contribution in [3.05, 3.63) is 60.8 Å². The minimum absolute atomic E-state index is 0.182. The summed E-state index contributed by atoms with van der Waals surface area (Å²) >= 11 is 0.